The molecule has 0 bridgehead atoms. The maximum atomic E-state index is 3.56. The van der Waals surface area contributed by atoms with Crippen molar-refractivity contribution in [2.75, 3.05) is 7.05 Å². The first-order chi connectivity index (χ1) is 8.43. The third-order valence-electron chi connectivity index (χ3n) is 3.99. The van der Waals surface area contributed by atoms with Crippen LogP contribution >= 0.6 is 0 Å². The summed E-state index contributed by atoms with van der Waals surface area (Å²) < 4.78 is 0. The van der Waals surface area contributed by atoms with E-state index in [0.29, 0.717) is 22.3 Å². The second-order valence-electron chi connectivity index (χ2n) is 8.29. The SMILES string of the molecule is CC.CCC(C)(C)CC(NC)C(C)(C)CC(C)(C)C. The molecule has 0 heterocycles. The molecular weight excluding hydrogens is 230 g/mol. The van der Waals surface area contributed by atoms with E-state index in [1.54, 1.807) is 0 Å². The van der Waals surface area contributed by atoms with Crippen LogP contribution in [0.15, 0.2) is 0 Å². The summed E-state index contributed by atoms with van der Waals surface area (Å²) in [6.07, 6.45) is 3.76. The molecule has 0 amide bonds. The van der Waals surface area contributed by atoms with Crippen molar-refractivity contribution in [3.8, 4) is 0 Å². The van der Waals surface area contributed by atoms with Crippen LogP contribution in [0.25, 0.3) is 0 Å². The highest BCUT2D eigenvalue weighted by molar-refractivity contribution is 4.90. The van der Waals surface area contributed by atoms with E-state index in [0.717, 1.165) is 0 Å². The Bertz CT molecular complexity index is 220. The summed E-state index contributed by atoms with van der Waals surface area (Å²) in [6, 6.07) is 0.594. The molecule has 0 aliphatic heterocycles. The largest absolute Gasteiger partial charge is 0.316 e. The lowest BCUT2D eigenvalue weighted by Gasteiger charge is -2.42. The Balaban J connectivity index is 0. The van der Waals surface area contributed by atoms with Crippen LogP contribution in [0.3, 0.4) is 0 Å². The third-order valence-corrected chi connectivity index (χ3v) is 3.99. The molecule has 1 N–H and O–H groups in total. The van der Waals surface area contributed by atoms with E-state index in [-0.39, 0.29) is 0 Å². The molecule has 19 heavy (non-hydrogen) atoms. The third kappa shape index (κ3) is 9.49. The van der Waals surface area contributed by atoms with Crippen LogP contribution < -0.4 is 5.32 Å². The highest BCUT2D eigenvalue weighted by Gasteiger charge is 2.35. The Morgan fingerprint density at radius 1 is 0.895 bits per heavy atom. The van der Waals surface area contributed by atoms with Crippen molar-refractivity contribution in [1.29, 1.82) is 0 Å². The zero-order valence-electron chi connectivity index (χ0n) is 15.7. The number of rotatable bonds is 6. The Hall–Kier alpha value is -0.0400. The van der Waals surface area contributed by atoms with Crippen LogP contribution in [-0.2, 0) is 0 Å². The molecule has 1 heteroatoms. The lowest BCUT2D eigenvalue weighted by Crippen LogP contribution is -2.44. The van der Waals surface area contributed by atoms with Crippen molar-refractivity contribution in [2.45, 2.75) is 94.5 Å². The zero-order valence-corrected chi connectivity index (χ0v) is 15.7. The fraction of sp³-hybridized carbons (Fsp3) is 1.00. The summed E-state index contributed by atoms with van der Waals surface area (Å²) >= 11 is 0. The molecule has 0 aromatic rings. The van der Waals surface area contributed by atoms with E-state index in [2.05, 4.69) is 67.8 Å². The molecular formula is C18H41N. The number of hydrogen-bond donors (Lipinski definition) is 1. The van der Waals surface area contributed by atoms with Gasteiger partial charge in [-0.25, -0.2) is 0 Å². The molecule has 0 aliphatic carbocycles. The predicted molar refractivity (Wildman–Crippen MR) is 90.7 cm³/mol. The van der Waals surface area contributed by atoms with Gasteiger partial charge in [0, 0.05) is 6.04 Å². The lowest BCUT2D eigenvalue weighted by atomic mass is 9.67. The smallest absolute Gasteiger partial charge is 0.0120 e. The van der Waals surface area contributed by atoms with Gasteiger partial charge in [-0.1, -0.05) is 75.7 Å². The minimum Gasteiger partial charge on any atom is -0.316 e. The summed E-state index contributed by atoms with van der Waals surface area (Å²) in [5.74, 6) is 0. The monoisotopic (exact) mass is 271 g/mol. The first-order valence-corrected chi connectivity index (χ1v) is 8.11. The van der Waals surface area contributed by atoms with Crippen molar-refractivity contribution >= 4 is 0 Å². The Kier molecular flexibility index (Phi) is 9.28. The first-order valence-electron chi connectivity index (χ1n) is 8.11. The van der Waals surface area contributed by atoms with Crippen LogP contribution in [0.4, 0.5) is 0 Å². The quantitative estimate of drug-likeness (QED) is 0.635. The van der Waals surface area contributed by atoms with Gasteiger partial charge in [0.15, 0.2) is 0 Å². The Labute approximate surface area is 123 Å². The zero-order chi connectivity index (χ0) is 15.9. The summed E-state index contributed by atoms with van der Waals surface area (Å²) in [5.41, 5.74) is 1.18. The fourth-order valence-electron chi connectivity index (χ4n) is 2.96. The van der Waals surface area contributed by atoms with Gasteiger partial charge < -0.3 is 5.32 Å². The number of hydrogen-bond acceptors (Lipinski definition) is 1. The molecule has 1 nitrogen and oxygen atoms in total. The Morgan fingerprint density at radius 2 is 1.32 bits per heavy atom. The normalized spacial score (nSPS) is 14.7. The van der Waals surface area contributed by atoms with Gasteiger partial charge in [0.05, 0.1) is 0 Å². The van der Waals surface area contributed by atoms with E-state index in [1.165, 1.54) is 19.3 Å². The molecule has 0 radical (unpaired) electrons. The van der Waals surface area contributed by atoms with E-state index in [1.807, 2.05) is 13.8 Å². The molecule has 0 saturated heterocycles. The van der Waals surface area contributed by atoms with Gasteiger partial charge in [0.1, 0.15) is 0 Å². The molecule has 0 aliphatic rings. The maximum absolute atomic E-state index is 3.56. The molecule has 0 spiro atoms. The molecule has 0 saturated carbocycles. The molecule has 1 atom stereocenters. The molecule has 0 fully saturated rings. The molecule has 0 aromatic carbocycles. The van der Waals surface area contributed by atoms with Gasteiger partial charge in [0.2, 0.25) is 0 Å². The minimum atomic E-state index is 0.347. The van der Waals surface area contributed by atoms with Crippen LogP contribution in [0.1, 0.15) is 88.5 Å². The summed E-state index contributed by atoms with van der Waals surface area (Å²) in [5, 5.41) is 3.56. The maximum Gasteiger partial charge on any atom is 0.0120 e. The number of nitrogens with one attached hydrogen (secondary N) is 1. The van der Waals surface area contributed by atoms with E-state index in [9.17, 15) is 0 Å². The van der Waals surface area contributed by atoms with Crippen molar-refractivity contribution < 1.29 is 0 Å². The highest BCUT2D eigenvalue weighted by Crippen LogP contribution is 2.40. The van der Waals surface area contributed by atoms with Crippen molar-refractivity contribution in [1.82, 2.24) is 5.32 Å². The van der Waals surface area contributed by atoms with Crippen LogP contribution in [-0.4, -0.2) is 13.1 Å². The van der Waals surface area contributed by atoms with Gasteiger partial charge in [-0.3, -0.25) is 0 Å². The first kappa shape index (κ1) is 21.3. The Morgan fingerprint density at radius 3 is 1.58 bits per heavy atom. The van der Waals surface area contributed by atoms with Crippen molar-refractivity contribution in [3.63, 3.8) is 0 Å². The van der Waals surface area contributed by atoms with Crippen molar-refractivity contribution in [2.24, 2.45) is 16.2 Å². The lowest BCUT2D eigenvalue weighted by molar-refractivity contribution is 0.119. The summed E-state index contributed by atoms with van der Waals surface area (Å²) in [7, 11) is 2.11. The van der Waals surface area contributed by atoms with Gasteiger partial charge >= 0.3 is 0 Å². The molecule has 118 valence electrons. The van der Waals surface area contributed by atoms with Crippen LogP contribution in [0, 0.1) is 16.2 Å². The molecule has 1 unspecified atom stereocenters. The molecule has 0 rings (SSSR count). The van der Waals surface area contributed by atoms with Gasteiger partial charge in [-0.15, -0.1) is 0 Å². The van der Waals surface area contributed by atoms with Gasteiger partial charge in [-0.05, 0) is 36.1 Å². The van der Waals surface area contributed by atoms with Crippen molar-refractivity contribution in [3.05, 3.63) is 0 Å². The van der Waals surface area contributed by atoms with E-state index < -0.39 is 0 Å². The topological polar surface area (TPSA) is 12.0 Å². The van der Waals surface area contributed by atoms with Gasteiger partial charge in [0.25, 0.3) is 0 Å². The average molecular weight is 272 g/mol. The second-order valence-corrected chi connectivity index (χ2v) is 8.29. The van der Waals surface area contributed by atoms with E-state index in [4.69, 9.17) is 0 Å². The fourth-order valence-corrected chi connectivity index (χ4v) is 2.96. The standard InChI is InChI=1S/C16H35N.C2H6/c1-10-15(5,6)11-13(17-9)16(7,8)12-14(2,3)4;1-2/h13,17H,10-12H2,1-9H3;1-2H3. The highest BCUT2D eigenvalue weighted by atomic mass is 14.9. The average Bonchev–Trinajstić information content (AvgIpc) is 2.25. The second kappa shape index (κ2) is 8.29. The summed E-state index contributed by atoms with van der Waals surface area (Å²) in [6.45, 7) is 22.9. The van der Waals surface area contributed by atoms with Crippen LogP contribution in [0.2, 0.25) is 0 Å². The minimum absolute atomic E-state index is 0.347. The molecule has 0 aromatic heterocycles. The summed E-state index contributed by atoms with van der Waals surface area (Å²) in [4.78, 5) is 0. The predicted octanol–water partition coefficient (Wildman–Crippen LogP) is 5.89. The van der Waals surface area contributed by atoms with E-state index >= 15 is 0 Å². The van der Waals surface area contributed by atoms with Crippen LogP contribution in [0.5, 0.6) is 0 Å². The van der Waals surface area contributed by atoms with Gasteiger partial charge in [-0.2, -0.15) is 0 Å².